The van der Waals surface area contributed by atoms with Crippen LogP contribution < -0.4 is 10.6 Å². The molecule has 3 heterocycles. The van der Waals surface area contributed by atoms with E-state index >= 15 is 0 Å². The first-order valence-corrected chi connectivity index (χ1v) is 11.6. The van der Waals surface area contributed by atoms with Crippen LogP contribution in [0.5, 0.6) is 0 Å². The van der Waals surface area contributed by atoms with E-state index in [9.17, 15) is 9.59 Å². The lowest BCUT2D eigenvalue weighted by Crippen LogP contribution is -2.27. The number of nitrogens with one attached hydrogen (secondary N) is 2. The van der Waals surface area contributed by atoms with Crippen molar-refractivity contribution in [1.29, 1.82) is 0 Å². The summed E-state index contributed by atoms with van der Waals surface area (Å²) >= 11 is 0. The van der Waals surface area contributed by atoms with Gasteiger partial charge in [-0.15, -0.1) is 15.3 Å². The first-order chi connectivity index (χ1) is 16.1. The number of carbonyl (C=O) groups excluding carboxylic acids is 2. The molecule has 2 N–H and O–H groups in total. The highest BCUT2D eigenvalue weighted by atomic mass is 16.2. The van der Waals surface area contributed by atoms with Crippen LogP contribution in [0.15, 0.2) is 42.5 Å². The molecule has 0 bridgehead atoms. The summed E-state index contributed by atoms with van der Waals surface area (Å²) in [5.74, 6) is 1.87. The Labute approximate surface area is 193 Å². The molecule has 1 aliphatic rings. The standard InChI is InChI=1S/C24H31N7O2/c1-18(19-7-3-2-4-8-19)17-26-23(32)13-12-22-28-27-21-11-10-20(29-31(21)22)25-14-6-16-30-15-5-9-24(30)33/h2-4,7-8,10-11,18H,5-6,9,12-17H2,1H3,(H,25,29)(H,26,32). The van der Waals surface area contributed by atoms with Gasteiger partial charge in [0.2, 0.25) is 11.8 Å². The third-order valence-corrected chi connectivity index (χ3v) is 5.96. The lowest BCUT2D eigenvalue weighted by atomic mass is 10.0. The molecule has 9 nitrogen and oxygen atoms in total. The lowest BCUT2D eigenvalue weighted by Gasteiger charge is -2.15. The van der Waals surface area contributed by atoms with Crippen LogP contribution in [0, 0.1) is 0 Å². The summed E-state index contributed by atoms with van der Waals surface area (Å²) < 4.78 is 1.69. The zero-order valence-corrected chi connectivity index (χ0v) is 19.0. The molecule has 1 aliphatic heterocycles. The molecule has 3 aromatic rings. The van der Waals surface area contributed by atoms with E-state index in [1.807, 2.05) is 35.2 Å². The molecule has 1 aromatic carbocycles. The number of likely N-dealkylation sites (tertiary alicyclic amines) is 1. The van der Waals surface area contributed by atoms with Gasteiger partial charge in [0.15, 0.2) is 11.5 Å². The number of rotatable bonds is 11. The molecule has 1 saturated heterocycles. The maximum absolute atomic E-state index is 12.4. The predicted octanol–water partition coefficient (Wildman–Crippen LogP) is 2.40. The van der Waals surface area contributed by atoms with E-state index < -0.39 is 0 Å². The van der Waals surface area contributed by atoms with Crippen molar-refractivity contribution < 1.29 is 9.59 Å². The summed E-state index contributed by atoms with van der Waals surface area (Å²) in [6.07, 6.45) is 3.28. The van der Waals surface area contributed by atoms with Crippen LogP contribution in [0.1, 0.15) is 49.9 Å². The highest BCUT2D eigenvalue weighted by molar-refractivity contribution is 5.78. The first-order valence-electron chi connectivity index (χ1n) is 11.6. The Morgan fingerprint density at radius 2 is 2.00 bits per heavy atom. The number of benzene rings is 1. The van der Waals surface area contributed by atoms with Crippen LogP contribution in [0.4, 0.5) is 5.82 Å². The second kappa shape index (κ2) is 10.9. The molecule has 174 valence electrons. The summed E-state index contributed by atoms with van der Waals surface area (Å²) in [5.41, 5.74) is 1.86. The average Bonchev–Trinajstić information content (AvgIpc) is 3.44. The van der Waals surface area contributed by atoms with Crippen LogP contribution in [0.25, 0.3) is 5.65 Å². The summed E-state index contributed by atoms with van der Waals surface area (Å²) in [7, 11) is 0. The monoisotopic (exact) mass is 449 g/mol. The number of amides is 2. The number of nitrogens with zero attached hydrogens (tertiary/aromatic N) is 5. The van der Waals surface area contributed by atoms with E-state index in [0.717, 1.165) is 38.3 Å². The van der Waals surface area contributed by atoms with Gasteiger partial charge in [0, 0.05) is 45.4 Å². The Morgan fingerprint density at radius 1 is 1.15 bits per heavy atom. The number of aryl methyl sites for hydroxylation is 1. The van der Waals surface area contributed by atoms with Crippen molar-refractivity contribution >= 4 is 23.3 Å². The van der Waals surface area contributed by atoms with Gasteiger partial charge in [-0.1, -0.05) is 37.3 Å². The molecule has 2 amide bonds. The Bertz CT molecular complexity index is 1080. The Morgan fingerprint density at radius 3 is 2.79 bits per heavy atom. The fraction of sp³-hybridized carbons (Fsp3) is 0.458. The molecular weight excluding hydrogens is 418 g/mol. The van der Waals surface area contributed by atoms with Gasteiger partial charge in [-0.3, -0.25) is 9.59 Å². The van der Waals surface area contributed by atoms with E-state index in [1.165, 1.54) is 5.56 Å². The Balaban J connectivity index is 1.24. The zero-order chi connectivity index (χ0) is 23.0. The fourth-order valence-electron chi connectivity index (χ4n) is 3.99. The molecule has 2 aromatic heterocycles. The van der Waals surface area contributed by atoms with E-state index in [2.05, 4.69) is 45.0 Å². The molecule has 1 fully saturated rings. The molecule has 9 heteroatoms. The number of hydrogen-bond donors (Lipinski definition) is 2. The molecule has 0 aliphatic carbocycles. The van der Waals surface area contributed by atoms with Crippen molar-refractivity contribution in [3.8, 4) is 0 Å². The minimum atomic E-state index is -0.0136. The second-order valence-corrected chi connectivity index (χ2v) is 8.49. The van der Waals surface area contributed by atoms with Crippen molar-refractivity contribution in [3.05, 3.63) is 53.9 Å². The Hall–Kier alpha value is -3.49. The van der Waals surface area contributed by atoms with Crippen LogP contribution in [0.3, 0.4) is 0 Å². The molecule has 4 rings (SSSR count). The molecule has 0 radical (unpaired) electrons. The average molecular weight is 450 g/mol. The van der Waals surface area contributed by atoms with Crippen LogP contribution in [-0.4, -0.2) is 62.7 Å². The highest BCUT2D eigenvalue weighted by Gasteiger charge is 2.19. The molecule has 1 unspecified atom stereocenters. The number of aromatic nitrogens is 4. The van der Waals surface area contributed by atoms with Gasteiger partial charge in [0.25, 0.3) is 0 Å². The van der Waals surface area contributed by atoms with Gasteiger partial charge in [-0.05, 0) is 36.5 Å². The molecule has 33 heavy (non-hydrogen) atoms. The number of fused-ring (bicyclic) bond motifs is 1. The van der Waals surface area contributed by atoms with E-state index in [0.29, 0.717) is 37.3 Å². The third-order valence-electron chi connectivity index (χ3n) is 5.96. The fourth-order valence-corrected chi connectivity index (χ4v) is 3.99. The first kappa shape index (κ1) is 22.7. The predicted molar refractivity (Wildman–Crippen MR) is 126 cm³/mol. The second-order valence-electron chi connectivity index (χ2n) is 8.49. The van der Waals surface area contributed by atoms with Gasteiger partial charge >= 0.3 is 0 Å². The largest absolute Gasteiger partial charge is 0.369 e. The SMILES string of the molecule is CC(CNC(=O)CCc1nnc2ccc(NCCCN3CCCC3=O)nn12)c1ccccc1. The van der Waals surface area contributed by atoms with Crippen LogP contribution >= 0.6 is 0 Å². The van der Waals surface area contributed by atoms with Crippen molar-refractivity contribution in [2.45, 2.75) is 44.9 Å². The molecule has 1 atom stereocenters. The van der Waals surface area contributed by atoms with Crippen molar-refractivity contribution in [1.82, 2.24) is 30.0 Å². The Kier molecular flexibility index (Phi) is 7.49. The zero-order valence-electron chi connectivity index (χ0n) is 19.0. The van der Waals surface area contributed by atoms with Gasteiger partial charge < -0.3 is 15.5 Å². The van der Waals surface area contributed by atoms with Gasteiger partial charge in [0.1, 0.15) is 5.82 Å². The lowest BCUT2D eigenvalue weighted by molar-refractivity contribution is -0.127. The minimum Gasteiger partial charge on any atom is -0.369 e. The van der Waals surface area contributed by atoms with Gasteiger partial charge in [-0.25, -0.2) is 0 Å². The summed E-state index contributed by atoms with van der Waals surface area (Å²) in [6.45, 7) is 5.05. The van der Waals surface area contributed by atoms with Crippen LogP contribution in [-0.2, 0) is 16.0 Å². The van der Waals surface area contributed by atoms with Gasteiger partial charge in [0.05, 0.1) is 0 Å². The highest BCUT2D eigenvalue weighted by Crippen LogP contribution is 2.14. The summed E-state index contributed by atoms with van der Waals surface area (Å²) in [6, 6.07) is 13.9. The van der Waals surface area contributed by atoms with E-state index in [1.54, 1.807) is 4.52 Å². The maximum atomic E-state index is 12.4. The molecule has 0 saturated carbocycles. The van der Waals surface area contributed by atoms with Gasteiger partial charge in [-0.2, -0.15) is 4.52 Å². The normalized spacial score (nSPS) is 14.6. The topological polar surface area (TPSA) is 105 Å². The summed E-state index contributed by atoms with van der Waals surface area (Å²) in [5, 5.41) is 19.2. The van der Waals surface area contributed by atoms with E-state index in [4.69, 9.17) is 0 Å². The smallest absolute Gasteiger partial charge is 0.222 e. The minimum absolute atomic E-state index is 0.0136. The van der Waals surface area contributed by atoms with Crippen LogP contribution in [0.2, 0.25) is 0 Å². The quantitative estimate of drug-likeness (QED) is 0.436. The summed E-state index contributed by atoms with van der Waals surface area (Å²) in [4.78, 5) is 26.0. The van der Waals surface area contributed by atoms with Crippen molar-refractivity contribution in [3.63, 3.8) is 0 Å². The van der Waals surface area contributed by atoms with Crippen molar-refractivity contribution in [2.24, 2.45) is 0 Å². The third kappa shape index (κ3) is 6.06. The molecular formula is C24H31N7O2. The molecule has 0 spiro atoms. The van der Waals surface area contributed by atoms with Crippen molar-refractivity contribution in [2.75, 3.05) is 31.5 Å². The number of hydrogen-bond acceptors (Lipinski definition) is 6. The van der Waals surface area contributed by atoms with E-state index in [-0.39, 0.29) is 17.7 Å². The number of anilines is 1. The number of carbonyl (C=O) groups is 2. The maximum Gasteiger partial charge on any atom is 0.222 e.